The first-order valence-corrected chi connectivity index (χ1v) is 7.20. The summed E-state index contributed by atoms with van der Waals surface area (Å²) in [6, 6.07) is 4.60. The number of rotatable bonds is 3. The van der Waals surface area contributed by atoms with Crippen molar-refractivity contribution < 1.29 is 9.18 Å². The van der Waals surface area contributed by atoms with Gasteiger partial charge in [0.25, 0.3) is 0 Å². The fraction of sp³-hybridized carbons (Fsp3) is 0.562. The van der Waals surface area contributed by atoms with Crippen LogP contribution in [0.15, 0.2) is 18.2 Å². The highest BCUT2D eigenvalue weighted by atomic mass is 19.1. The van der Waals surface area contributed by atoms with Crippen LogP contribution in [0.4, 0.5) is 10.1 Å². The normalized spacial score (nSPS) is 14.7. The summed E-state index contributed by atoms with van der Waals surface area (Å²) in [5.41, 5.74) is 1.38. The van der Waals surface area contributed by atoms with Crippen molar-refractivity contribution in [1.29, 1.82) is 0 Å². The molecular weight excluding hydrogens is 241 g/mol. The Kier molecular flexibility index (Phi) is 6.54. The van der Waals surface area contributed by atoms with E-state index in [9.17, 15) is 9.18 Å². The van der Waals surface area contributed by atoms with Gasteiger partial charge < -0.3 is 5.32 Å². The van der Waals surface area contributed by atoms with Gasteiger partial charge >= 0.3 is 0 Å². The van der Waals surface area contributed by atoms with Crippen LogP contribution >= 0.6 is 0 Å². The summed E-state index contributed by atoms with van der Waals surface area (Å²) in [7, 11) is 0. The molecule has 0 aromatic heterocycles. The lowest BCUT2D eigenvalue weighted by Gasteiger charge is -2.10. The van der Waals surface area contributed by atoms with Crippen molar-refractivity contribution >= 4 is 11.6 Å². The third kappa shape index (κ3) is 5.41. The maximum absolute atomic E-state index is 13.1. The summed E-state index contributed by atoms with van der Waals surface area (Å²) in [5.74, 6) is 0.215. The lowest BCUT2D eigenvalue weighted by atomic mass is 10.0. The van der Waals surface area contributed by atoms with E-state index in [0.29, 0.717) is 18.0 Å². The number of hydrogen-bond donors (Lipinski definition) is 1. The average molecular weight is 265 g/mol. The number of anilines is 1. The Morgan fingerprint density at radius 1 is 1.26 bits per heavy atom. The zero-order valence-corrected chi connectivity index (χ0v) is 12.1. The van der Waals surface area contributed by atoms with Gasteiger partial charge in [-0.3, -0.25) is 4.79 Å². The minimum atomic E-state index is -0.304. The quantitative estimate of drug-likeness (QED) is 0.844. The summed E-state index contributed by atoms with van der Waals surface area (Å²) >= 11 is 0. The van der Waals surface area contributed by atoms with Crippen LogP contribution in [0.1, 0.15) is 51.5 Å². The van der Waals surface area contributed by atoms with Crippen LogP contribution in [-0.4, -0.2) is 5.91 Å². The summed E-state index contributed by atoms with van der Waals surface area (Å²) < 4.78 is 13.1. The first-order chi connectivity index (χ1) is 9.13. The first-order valence-electron chi connectivity index (χ1n) is 7.20. The molecule has 2 nitrogen and oxygen atoms in total. The molecule has 0 unspecified atom stereocenters. The molecule has 2 rings (SSSR count). The lowest BCUT2D eigenvalue weighted by molar-refractivity contribution is -0.117. The Hall–Kier alpha value is -1.38. The molecule has 1 aromatic rings. The van der Waals surface area contributed by atoms with E-state index in [0.717, 1.165) is 18.4 Å². The van der Waals surface area contributed by atoms with Crippen molar-refractivity contribution in [1.82, 2.24) is 0 Å². The van der Waals surface area contributed by atoms with E-state index in [2.05, 4.69) is 5.32 Å². The number of hydrogen-bond acceptors (Lipinski definition) is 1. The fourth-order valence-electron chi connectivity index (χ4n) is 2.50. The second-order valence-corrected chi connectivity index (χ2v) is 4.92. The number of halogens is 1. The van der Waals surface area contributed by atoms with Crippen molar-refractivity contribution in [3.63, 3.8) is 0 Å². The second kappa shape index (κ2) is 7.93. The Morgan fingerprint density at radius 3 is 2.47 bits per heavy atom. The van der Waals surface area contributed by atoms with E-state index in [1.165, 1.54) is 25.0 Å². The smallest absolute Gasteiger partial charge is 0.224 e. The molecule has 0 heterocycles. The van der Waals surface area contributed by atoms with Gasteiger partial charge in [0, 0.05) is 12.1 Å². The Bertz CT molecular complexity index is 391. The largest absolute Gasteiger partial charge is 0.326 e. The van der Waals surface area contributed by atoms with Gasteiger partial charge in [0.15, 0.2) is 0 Å². The van der Waals surface area contributed by atoms with Gasteiger partial charge in [-0.15, -0.1) is 0 Å². The molecule has 0 atom stereocenters. The number of nitrogens with one attached hydrogen (secondary N) is 1. The number of carbonyl (C=O) groups is 1. The predicted octanol–water partition coefficient (Wildman–Crippen LogP) is 4.68. The highest BCUT2D eigenvalue weighted by molar-refractivity contribution is 5.90. The SMILES string of the molecule is CC.Cc1cc(F)cc(NC(=O)CC2CCCC2)c1. The molecule has 19 heavy (non-hydrogen) atoms. The molecule has 3 heteroatoms. The maximum atomic E-state index is 13.1. The third-order valence-corrected chi connectivity index (χ3v) is 3.27. The molecule has 1 N–H and O–H groups in total. The summed E-state index contributed by atoms with van der Waals surface area (Å²) in [4.78, 5) is 11.8. The molecule has 0 spiro atoms. The van der Waals surface area contributed by atoms with E-state index in [1.54, 1.807) is 6.07 Å². The highest BCUT2D eigenvalue weighted by Gasteiger charge is 2.18. The molecule has 1 fully saturated rings. The zero-order chi connectivity index (χ0) is 14.3. The molecule has 0 aliphatic heterocycles. The molecule has 0 saturated heterocycles. The monoisotopic (exact) mass is 265 g/mol. The van der Waals surface area contributed by atoms with Crippen LogP contribution in [0, 0.1) is 18.7 Å². The first kappa shape index (κ1) is 15.7. The highest BCUT2D eigenvalue weighted by Crippen LogP contribution is 2.27. The molecule has 106 valence electrons. The Labute approximate surface area is 115 Å². The van der Waals surface area contributed by atoms with E-state index < -0.39 is 0 Å². The van der Waals surface area contributed by atoms with E-state index in [4.69, 9.17) is 0 Å². The van der Waals surface area contributed by atoms with Crippen LogP contribution in [-0.2, 0) is 4.79 Å². The number of amides is 1. The van der Waals surface area contributed by atoms with Gasteiger partial charge in [-0.1, -0.05) is 26.7 Å². The molecule has 1 saturated carbocycles. The van der Waals surface area contributed by atoms with Gasteiger partial charge in [-0.2, -0.15) is 0 Å². The predicted molar refractivity (Wildman–Crippen MR) is 77.7 cm³/mol. The van der Waals surface area contributed by atoms with Gasteiger partial charge in [0.05, 0.1) is 0 Å². The minimum Gasteiger partial charge on any atom is -0.326 e. The molecule has 1 aliphatic carbocycles. The minimum absolute atomic E-state index is 0.00176. The van der Waals surface area contributed by atoms with E-state index in [-0.39, 0.29) is 11.7 Å². The van der Waals surface area contributed by atoms with Crippen molar-refractivity contribution in [2.24, 2.45) is 5.92 Å². The molecular formula is C16H24FNO. The van der Waals surface area contributed by atoms with Crippen LogP contribution in [0.5, 0.6) is 0 Å². The van der Waals surface area contributed by atoms with Crippen molar-refractivity contribution in [3.8, 4) is 0 Å². The maximum Gasteiger partial charge on any atom is 0.224 e. The molecule has 1 aliphatic rings. The Morgan fingerprint density at radius 2 is 1.89 bits per heavy atom. The summed E-state index contributed by atoms with van der Waals surface area (Å²) in [5, 5.41) is 2.77. The number of benzene rings is 1. The van der Waals surface area contributed by atoms with Crippen molar-refractivity contribution in [2.45, 2.75) is 52.9 Å². The summed E-state index contributed by atoms with van der Waals surface area (Å²) in [6.07, 6.45) is 5.33. The second-order valence-electron chi connectivity index (χ2n) is 4.92. The lowest BCUT2D eigenvalue weighted by Crippen LogP contribution is -2.15. The molecule has 0 radical (unpaired) electrons. The Balaban J connectivity index is 0.000000861. The molecule has 0 bridgehead atoms. The summed E-state index contributed by atoms with van der Waals surface area (Å²) in [6.45, 7) is 5.82. The van der Waals surface area contributed by atoms with E-state index in [1.807, 2.05) is 20.8 Å². The van der Waals surface area contributed by atoms with Gasteiger partial charge in [-0.25, -0.2) is 4.39 Å². The standard InChI is InChI=1S/C14H18FNO.C2H6/c1-10-6-12(15)9-13(7-10)16-14(17)8-11-4-2-3-5-11;1-2/h6-7,9,11H,2-5,8H2,1H3,(H,16,17);1-2H3. The van der Waals surface area contributed by atoms with Crippen molar-refractivity contribution in [3.05, 3.63) is 29.6 Å². The average Bonchev–Trinajstić information content (AvgIpc) is 2.82. The van der Waals surface area contributed by atoms with Crippen molar-refractivity contribution in [2.75, 3.05) is 5.32 Å². The van der Waals surface area contributed by atoms with Gasteiger partial charge in [0.1, 0.15) is 5.82 Å². The van der Waals surface area contributed by atoms with Crippen LogP contribution in [0.25, 0.3) is 0 Å². The fourth-order valence-corrected chi connectivity index (χ4v) is 2.50. The third-order valence-electron chi connectivity index (χ3n) is 3.27. The number of aryl methyl sites for hydroxylation is 1. The number of carbonyl (C=O) groups excluding carboxylic acids is 1. The van der Waals surface area contributed by atoms with E-state index >= 15 is 0 Å². The van der Waals surface area contributed by atoms with Crippen LogP contribution < -0.4 is 5.32 Å². The topological polar surface area (TPSA) is 29.1 Å². The molecule has 1 aromatic carbocycles. The van der Waals surface area contributed by atoms with Gasteiger partial charge in [-0.05, 0) is 49.4 Å². The van der Waals surface area contributed by atoms with Gasteiger partial charge in [0.2, 0.25) is 5.91 Å². The van der Waals surface area contributed by atoms with Crippen LogP contribution in [0.2, 0.25) is 0 Å². The van der Waals surface area contributed by atoms with Crippen LogP contribution in [0.3, 0.4) is 0 Å². The molecule has 1 amide bonds. The zero-order valence-electron chi connectivity index (χ0n) is 12.1.